The normalized spacial score (nSPS) is 15.2. The molecule has 24 heavy (non-hydrogen) atoms. The van der Waals surface area contributed by atoms with Crippen LogP contribution in [0, 0.1) is 6.92 Å². The molecule has 2 N–H and O–H groups in total. The van der Waals surface area contributed by atoms with Gasteiger partial charge in [0.15, 0.2) is 0 Å². The van der Waals surface area contributed by atoms with Gasteiger partial charge in [0.25, 0.3) is 0 Å². The lowest BCUT2D eigenvalue weighted by Crippen LogP contribution is -2.44. The van der Waals surface area contributed by atoms with Crippen molar-refractivity contribution in [3.63, 3.8) is 0 Å². The molecule has 0 unspecified atom stereocenters. The van der Waals surface area contributed by atoms with Gasteiger partial charge in [0.1, 0.15) is 0 Å². The van der Waals surface area contributed by atoms with Gasteiger partial charge in [-0.15, -0.1) is 0 Å². The maximum atomic E-state index is 12.1. The molecule has 0 saturated carbocycles. The van der Waals surface area contributed by atoms with E-state index in [1.54, 1.807) is 24.5 Å². The number of carbonyl (C=O) groups is 1. The molecule has 6 nitrogen and oxygen atoms in total. The Bertz CT molecular complexity index is 696. The van der Waals surface area contributed by atoms with Gasteiger partial charge >= 0.3 is 6.03 Å². The molecule has 2 aromatic rings. The van der Waals surface area contributed by atoms with Crippen LogP contribution in [-0.2, 0) is 0 Å². The number of rotatable bonds is 3. The molecule has 0 aliphatic carbocycles. The summed E-state index contributed by atoms with van der Waals surface area (Å²) in [4.78, 5) is 20.8. The number of aromatic nitrogens is 1. The molecule has 1 aliphatic heterocycles. The number of nitrogens with zero attached hydrogens (tertiary/aromatic N) is 3. The molecule has 2 amide bonds. The monoisotopic (exact) mass is 325 g/mol. The van der Waals surface area contributed by atoms with E-state index < -0.39 is 0 Å². The van der Waals surface area contributed by atoms with E-state index in [2.05, 4.69) is 44.6 Å². The maximum absolute atomic E-state index is 12.1. The molecule has 1 fully saturated rings. The fourth-order valence-electron chi connectivity index (χ4n) is 2.77. The Labute approximate surface area is 142 Å². The zero-order valence-electron chi connectivity index (χ0n) is 14.1. The van der Waals surface area contributed by atoms with Crippen LogP contribution in [0.5, 0.6) is 0 Å². The van der Waals surface area contributed by atoms with Crippen LogP contribution in [0.15, 0.2) is 42.7 Å². The summed E-state index contributed by atoms with van der Waals surface area (Å²) < 4.78 is 0. The Morgan fingerprint density at radius 3 is 2.58 bits per heavy atom. The number of carbonyl (C=O) groups excluding carboxylic acids is 1. The zero-order valence-corrected chi connectivity index (χ0v) is 14.1. The van der Waals surface area contributed by atoms with E-state index in [1.165, 1.54) is 5.69 Å². The molecule has 2 heterocycles. The lowest BCUT2D eigenvalue weighted by Gasteiger charge is -2.34. The van der Waals surface area contributed by atoms with E-state index in [1.807, 2.05) is 13.0 Å². The van der Waals surface area contributed by atoms with Crippen molar-refractivity contribution >= 4 is 23.1 Å². The van der Waals surface area contributed by atoms with Crippen LogP contribution in [0.3, 0.4) is 0 Å². The van der Waals surface area contributed by atoms with Crippen LogP contribution >= 0.6 is 0 Å². The minimum absolute atomic E-state index is 0.265. The lowest BCUT2D eigenvalue weighted by atomic mass is 10.1. The molecule has 3 rings (SSSR count). The number of likely N-dealkylation sites (N-methyl/N-ethyl adjacent to an activating group) is 1. The highest BCUT2D eigenvalue weighted by atomic mass is 16.2. The highest BCUT2D eigenvalue weighted by Gasteiger charge is 2.15. The third kappa shape index (κ3) is 4.02. The number of pyridine rings is 1. The second-order valence-electron chi connectivity index (χ2n) is 6.11. The van der Waals surface area contributed by atoms with Crippen LogP contribution in [0.2, 0.25) is 0 Å². The highest BCUT2D eigenvalue weighted by molar-refractivity contribution is 6.00. The van der Waals surface area contributed by atoms with Crippen LogP contribution in [0.4, 0.5) is 21.9 Å². The lowest BCUT2D eigenvalue weighted by molar-refractivity contribution is 0.262. The van der Waals surface area contributed by atoms with Gasteiger partial charge in [0.2, 0.25) is 0 Å². The first-order chi connectivity index (χ1) is 11.6. The van der Waals surface area contributed by atoms with Crippen molar-refractivity contribution in [2.45, 2.75) is 6.92 Å². The number of urea groups is 1. The van der Waals surface area contributed by atoms with Crippen molar-refractivity contribution in [2.75, 3.05) is 48.8 Å². The van der Waals surface area contributed by atoms with Crippen molar-refractivity contribution < 1.29 is 4.79 Å². The molecule has 1 saturated heterocycles. The number of anilines is 3. The average molecular weight is 325 g/mol. The Balaban J connectivity index is 1.63. The molecular formula is C18H23N5O. The number of benzene rings is 1. The van der Waals surface area contributed by atoms with Crippen molar-refractivity contribution in [1.29, 1.82) is 0 Å². The van der Waals surface area contributed by atoms with E-state index >= 15 is 0 Å². The smallest absolute Gasteiger partial charge is 0.323 e. The molecule has 1 aromatic carbocycles. The van der Waals surface area contributed by atoms with Crippen LogP contribution in [0.1, 0.15) is 5.56 Å². The van der Waals surface area contributed by atoms with Crippen LogP contribution in [-0.4, -0.2) is 49.1 Å². The van der Waals surface area contributed by atoms with Gasteiger partial charge in [-0.05, 0) is 49.9 Å². The van der Waals surface area contributed by atoms with E-state index in [0.717, 1.165) is 37.4 Å². The van der Waals surface area contributed by atoms with E-state index in [-0.39, 0.29) is 6.03 Å². The van der Waals surface area contributed by atoms with Crippen LogP contribution in [0.25, 0.3) is 0 Å². The van der Waals surface area contributed by atoms with E-state index in [4.69, 9.17) is 0 Å². The molecule has 0 radical (unpaired) electrons. The van der Waals surface area contributed by atoms with Crippen LogP contribution < -0.4 is 15.5 Å². The number of nitrogens with one attached hydrogen (secondary N) is 2. The van der Waals surface area contributed by atoms with Gasteiger partial charge in [0, 0.05) is 43.8 Å². The molecule has 0 bridgehead atoms. The predicted molar refractivity (Wildman–Crippen MR) is 97.8 cm³/mol. The predicted octanol–water partition coefficient (Wildman–Crippen LogP) is 2.79. The maximum Gasteiger partial charge on any atom is 0.323 e. The molecule has 6 heteroatoms. The van der Waals surface area contributed by atoms with E-state index in [9.17, 15) is 4.79 Å². The Morgan fingerprint density at radius 2 is 1.92 bits per heavy atom. The Morgan fingerprint density at radius 1 is 1.12 bits per heavy atom. The number of aryl methyl sites for hydroxylation is 1. The average Bonchev–Trinajstić information content (AvgIpc) is 2.58. The largest absolute Gasteiger partial charge is 0.369 e. The van der Waals surface area contributed by atoms with Gasteiger partial charge in [-0.1, -0.05) is 0 Å². The van der Waals surface area contributed by atoms with Crippen molar-refractivity contribution in [1.82, 2.24) is 9.88 Å². The van der Waals surface area contributed by atoms with Crippen molar-refractivity contribution in [3.8, 4) is 0 Å². The summed E-state index contributed by atoms with van der Waals surface area (Å²) in [5, 5.41) is 5.66. The van der Waals surface area contributed by atoms with Gasteiger partial charge in [-0.25, -0.2) is 4.79 Å². The quantitative estimate of drug-likeness (QED) is 0.911. The van der Waals surface area contributed by atoms with Gasteiger partial charge in [-0.2, -0.15) is 0 Å². The second-order valence-corrected chi connectivity index (χ2v) is 6.11. The molecule has 126 valence electrons. The topological polar surface area (TPSA) is 60.5 Å². The zero-order chi connectivity index (χ0) is 16.9. The third-order valence-electron chi connectivity index (χ3n) is 4.25. The van der Waals surface area contributed by atoms with E-state index in [0.29, 0.717) is 5.69 Å². The first-order valence-corrected chi connectivity index (χ1v) is 8.14. The minimum Gasteiger partial charge on any atom is -0.369 e. The summed E-state index contributed by atoms with van der Waals surface area (Å²) in [5.41, 5.74) is 3.74. The van der Waals surface area contributed by atoms with Crippen molar-refractivity contribution in [2.24, 2.45) is 0 Å². The number of piperazine rings is 1. The fourth-order valence-corrected chi connectivity index (χ4v) is 2.77. The molecule has 0 spiro atoms. The van der Waals surface area contributed by atoms with Gasteiger partial charge in [-0.3, -0.25) is 4.98 Å². The molecule has 1 aliphatic rings. The second kappa shape index (κ2) is 7.31. The first kappa shape index (κ1) is 16.3. The Hall–Kier alpha value is -2.60. The molecular weight excluding hydrogens is 302 g/mol. The van der Waals surface area contributed by atoms with Gasteiger partial charge in [0.05, 0.1) is 11.9 Å². The summed E-state index contributed by atoms with van der Waals surface area (Å²) in [5.74, 6) is 0. The standard InChI is InChI=1S/C18H23N5O/c1-14-12-16(23-10-8-22(2)9-11-23)5-6-17(14)21-18(24)20-15-4-3-7-19-13-15/h3-7,12-13H,8-11H2,1-2H3,(H2,20,21,24). The summed E-state index contributed by atoms with van der Waals surface area (Å²) >= 11 is 0. The number of amides is 2. The highest BCUT2D eigenvalue weighted by Crippen LogP contribution is 2.23. The number of hydrogen-bond donors (Lipinski definition) is 2. The van der Waals surface area contributed by atoms with Crippen molar-refractivity contribution in [3.05, 3.63) is 48.3 Å². The molecule has 0 atom stereocenters. The summed E-state index contributed by atoms with van der Waals surface area (Å²) in [6.07, 6.45) is 3.28. The SMILES string of the molecule is Cc1cc(N2CCN(C)CC2)ccc1NC(=O)Nc1cccnc1. The summed E-state index contributed by atoms with van der Waals surface area (Å²) in [6.45, 7) is 6.23. The summed E-state index contributed by atoms with van der Waals surface area (Å²) in [6, 6.07) is 9.48. The Kier molecular flexibility index (Phi) is 4.96. The molecule has 1 aromatic heterocycles. The summed E-state index contributed by atoms with van der Waals surface area (Å²) in [7, 11) is 2.15. The third-order valence-corrected chi connectivity index (χ3v) is 4.25. The number of hydrogen-bond acceptors (Lipinski definition) is 4. The first-order valence-electron chi connectivity index (χ1n) is 8.14. The van der Waals surface area contributed by atoms with Gasteiger partial charge < -0.3 is 20.4 Å². The minimum atomic E-state index is -0.265. The fraction of sp³-hybridized carbons (Fsp3) is 0.333.